The minimum atomic E-state index is -0.929. The standard InChI is InChI=1S/C57H83N7O10/c1-36(61(9)54(71)73-56(3,4)5)47(65)35-42(38-23-13-11-14-24-38)52(69)63-33-21-31-45(63)50(67)58-43-29-19-17-27-40(43)41-28-18-20-30-44(41)59-51(68)46-32-22-34-64(46)53(70)48(39-25-15-12-16-26-39)60-49(66)37(2)62(10)55(72)74-57(6,7)8/h17-20,27-30,36-39,42,45-46,48H,11-16,21-26,31-35H2,1-10H3,(H,58,67)(H,59,68)(H,60,66)/t36-,37-,42-,45-,46-,48-/m0/s1. The molecule has 0 radical (unpaired) electrons. The van der Waals surface area contributed by atoms with Gasteiger partial charge in [-0.1, -0.05) is 74.9 Å². The van der Waals surface area contributed by atoms with Crippen LogP contribution in [0.3, 0.4) is 0 Å². The van der Waals surface area contributed by atoms with Crippen molar-refractivity contribution in [3.63, 3.8) is 0 Å². The first-order valence-electron chi connectivity index (χ1n) is 27.1. The first kappa shape index (κ1) is 57.3. The van der Waals surface area contributed by atoms with Crippen LogP contribution in [0.25, 0.3) is 11.1 Å². The summed E-state index contributed by atoms with van der Waals surface area (Å²) in [4.78, 5) is 118. The SMILES string of the molecule is C[C@@H](C(=O)C[C@H](C(=O)N1CCC[C@H]1C(=O)Nc1ccccc1-c1ccccc1NC(=O)[C@@H]1CCCN1C(=O)[C@@H](NC(=O)[C@H](C)N(C)C(=O)OC(C)(C)C)C1CCCCC1)C1CCCCC1)N(C)C(=O)OC(C)(C)C. The zero-order chi connectivity index (χ0) is 54.1. The lowest BCUT2D eigenvalue weighted by atomic mass is 9.76. The molecule has 3 N–H and O–H groups in total. The van der Waals surface area contributed by atoms with Gasteiger partial charge in [0, 0.05) is 62.0 Å². The number of Topliss-reactive ketones (excluding diaryl/α,β-unsaturated/α-hetero) is 1. The Morgan fingerprint density at radius 1 is 0.568 bits per heavy atom. The summed E-state index contributed by atoms with van der Waals surface area (Å²) in [7, 11) is 3.02. The average Bonchev–Trinajstić information content (AvgIpc) is 4.08. The van der Waals surface area contributed by atoms with E-state index >= 15 is 0 Å². The van der Waals surface area contributed by atoms with Gasteiger partial charge in [-0.15, -0.1) is 0 Å². The van der Waals surface area contributed by atoms with E-state index in [1.54, 1.807) is 89.5 Å². The number of likely N-dealkylation sites (N-methyl/N-ethyl adjacent to an activating group) is 2. The molecule has 2 aliphatic heterocycles. The Hall–Kier alpha value is -6.00. The second-order valence-corrected chi connectivity index (χ2v) is 23.0. The molecule has 2 saturated heterocycles. The predicted molar refractivity (Wildman–Crippen MR) is 284 cm³/mol. The van der Waals surface area contributed by atoms with Gasteiger partial charge in [0.25, 0.3) is 0 Å². The summed E-state index contributed by atoms with van der Waals surface area (Å²) in [5, 5.41) is 9.23. The number of nitrogens with zero attached hydrogens (tertiary/aromatic N) is 4. The van der Waals surface area contributed by atoms with E-state index in [4.69, 9.17) is 9.47 Å². The summed E-state index contributed by atoms with van der Waals surface area (Å²) in [5.74, 6) is -2.82. The molecule has 4 aliphatic rings. The molecule has 0 bridgehead atoms. The van der Waals surface area contributed by atoms with E-state index < -0.39 is 65.4 Å². The predicted octanol–water partition coefficient (Wildman–Crippen LogP) is 8.94. The van der Waals surface area contributed by atoms with Crippen molar-refractivity contribution in [3.05, 3.63) is 48.5 Å². The van der Waals surface area contributed by atoms with E-state index in [9.17, 15) is 38.4 Å². The Kier molecular flexibility index (Phi) is 19.4. The van der Waals surface area contributed by atoms with Gasteiger partial charge in [-0.3, -0.25) is 33.7 Å². The highest BCUT2D eigenvalue weighted by Crippen LogP contribution is 2.38. The zero-order valence-electron chi connectivity index (χ0n) is 45.6. The van der Waals surface area contributed by atoms with Gasteiger partial charge >= 0.3 is 12.2 Å². The molecule has 2 saturated carbocycles. The number of carbonyl (C=O) groups excluding carboxylic acids is 8. The summed E-state index contributed by atoms with van der Waals surface area (Å²) < 4.78 is 11.0. The molecule has 0 unspecified atom stereocenters. The van der Waals surface area contributed by atoms with Crippen LogP contribution in [0, 0.1) is 17.8 Å². The Morgan fingerprint density at radius 3 is 1.45 bits per heavy atom. The van der Waals surface area contributed by atoms with Crippen LogP contribution in [-0.2, 0) is 38.2 Å². The molecule has 7 amide bonds. The maximum absolute atomic E-state index is 14.7. The molecule has 406 valence electrons. The number of amides is 7. The lowest BCUT2D eigenvalue weighted by molar-refractivity contribution is -0.144. The molecule has 4 fully saturated rings. The smallest absolute Gasteiger partial charge is 0.410 e. The summed E-state index contributed by atoms with van der Waals surface area (Å²) in [6.45, 7) is 14.5. The van der Waals surface area contributed by atoms with Gasteiger partial charge in [0.05, 0.1) is 6.04 Å². The van der Waals surface area contributed by atoms with Gasteiger partial charge in [-0.05, 0) is 131 Å². The number of anilines is 2. The van der Waals surface area contributed by atoms with Crippen LogP contribution >= 0.6 is 0 Å². The number of hydrogen-bond donors (Lipinski definition) is 3. The molecule has 2 aromatic carbocycles. The van der Waals surface area contributed by atoms with Crippen LogP contribution < -0.4 is 16.0 Å². The maximum Gasteiger partial charge on any atom is 0.410 e. The van der Waals surface area contributed by atoms with E-state index in [0.29, 0.717) is 61.3 Å². The van der Waals surface area contributed by atoms with Gasteiger partial charge in [0.1, 0.15) is 35.4 Å². The topological polar surface area (TPSA) is 204 Å². The van der Waals surface area contributed by atoms with Crippen LogP contribution in [-0.4, -0.2) is 136 Å². The number of likely N-dealkylation sites (tertiary alicyclic amines) is 2. The van der Waals surface area contributed by atoms with Crippen molar-refractivity contribution in [2.75, 3.05) is 37.8 Å². The Balaban J connectivity index is 1.17. The summed E-state index contributed by atoms with van der Waals surface area (Å²) in [6, 6.07) is 10.3. The number of benzene rings is 2. The van der Waals surface area contributed by atoms with Gasteiger partial charge in [0.15, 0.2) is 5.78 Å². The molecule has 74 heavy (non-hydrogen) atoms. The monoisotopic (exact) mass is 1030 g/mol. The third kappa shape index (κ3) is 14.6. The molecule has 17 heteroatoms. The Morgan fingerprint density at radius 2 is 0.986 bits per heavy atom. The molecule has 17 nitrogen and oxygen atoms in total. The van der Waals surface area contributed by atoms with E-state index in [-0.39, 0.29) is 47.7 Å². The van der Waals surface area contributed by atoms with Gasteiger partial charge in [-0.25, -0.2) is 9.59 Å². The fraction of sp³-hybridized carbons (Fsp3) is 0.649. The van der Waals surface area contributed by atoms with Crippen molar-refractivity contribution < 1.29 is 47.8 Å². The molecular formula is C57H83N7O10. The number of nitrogens with one attached hydrogen (secondary N) is 3. The van der Waals surface area contributed by atoms with Crippen LogP contribution in [0.4, 0.5) is 21.0 Å². The number of carbonyl (C=O) groups is 8. The quantitative estimate of drug-likeness (QED) is 0.146. The minimum Gasteiger partial charge on any atom is -0.444 e. The van der Waals surface area contributed by atoms with Crippen molar-refractivity contribution in [3.8, 4) is 11.1 Å². The second-order valence-electron chi connectivity index (χ2n) is 23.0. The van der Waals surface area contributed by atoms with Crippen LogP contribution in [0.5, 0.6) is 0 Å². The molecule has 2 aliphatic carbocycles. The third-order valence-corrected chi connectivity index (χ3v) is 15.3. The summed E-state index contributed by atoms with van der Waals surface area (Å²) in [5.41, 5.74) is 0.707. The lowest BCUT2D eigenvalue weighted by Gasteiger charge is -2.36. The van der Waals surface area contributed by atoms with Crippen molar-refractivity contribution in [2.24, 2.45) is 17.8 Å². The number of ketones is 1. The highest BCUT2D eigenvalue weighted by Gasteiger charge is 2.44. The van der Waals surface area contributed by atoms with E-state index in [0.717, 1.165) is 64.2 Å². The van der Waals surface area contributed by atoms with Crippen LogP contribution in [0.2, 0.25) is 0 Å². The Labute approximate surface area is 438 Å². The van der Waals surface area contributed by atoms with Gasteiger partial charge in [-0.2, -0.15) is 0 Å². The van der Waals surface area contributed by atoms with Gasteiger partial charge in [0.2, 0.25) is 29.5 Å². The van der Waals surface area contributed by atoms with E-state index in [1.165, 1.54) is 23.9 Å². The van der Waals surface area contributed by atoms with Gasteiger partial charge < -0.3 is 40.1 Å². The fourth-order valence-electron chi connectivity index (χ4n) is 11.0. The molecular weight excluding hydrogens is 943 g/mol. The lowest BCUT2D eigenvalue weighted by Crippen LogP contribution is -2.58. The fourth-order valence-corrected chi connectivity index (χ4v) is 11.0. The molecule has 0 aromatic heterocycles. The van der Waals surface area contributed by atoms with E-state index in [2.05, 4.69) is 16.0 Å². The van der Waals surface area contributed by atoms with E-state index in [1.807, 2.05) is 24.3 Å². The highest BCUT2D eigenvalue weighted by atomic mass is 16.6. The summed E-state index contributed by atoms with van der Waals surface area (Å²) >= 11 is 0. The number of ether oxygens (including phenoxy) is 2. The molecule has 0 spiro atoms. The number of rotatable bonds is 16. The molecule has 2 aromatic rings. The molecule has 2 heterocycles. The second kappa shape index (κ2) is 25.0. The van der Waals surface area contributed by atoms with Crippen molar-refractivity contribution in [1.29, 1.82) is 0 Å². The summed E-state index contributed by atoms with van der Waals surface area (Å²) in [6.07, 6.45) is 9.67. The largest absolute Gasteiger partial charge is 0.444 e. The number of hydrogen-bond acceptors (Lipinski definition) is 10. The van der Waals surface area contributed by atoms with Crippen LogP contribution in [0.15, 0.2) is 48.5 Å². The normalized spacial score (nSPS) is 20.4. The number of para-hydroxylation sites is 2. The van der Waals surface area contributed by atoms with Crippen molar-refractivity contribution in [1.82, 2.24) is 24.9 Å². The average molecular weight is 1030 g/mol. The first-order valence-corrected chi connectivity index (χ1v) is 27.1. The maximum atomic E-state index is 14.7. The third-order valence-electron chi connectivity index (χ3n) is 15.3. The first-order chi connectivity index (χ1) is 35.0. The van der Waals surface area contributed by atoms with Crippen molar-refractivity contribution in [2.45, 2.75) is 193 Å². The molecule has 6 atom stereocenters. The molecule has 6 rings (SSSR count). The zero-order valence-corrected chi connectivity index (χ0v) is 45.6. The van der Waals surface area contributed by atoms with Crippen LogP contribution in [0.1, 0.15) is 152 Å². The highest BCUT2D eigenvalue weighted by molar-refractivity contribution is 6.05. The Bertz CT molecular complexity index is 2190. The minimum absolute atomic E-state index is 0.0297. The van der Waals surface area contributed by atoms with Crippen molar-refractivity contribution >= 4 is 58.9 Å².